The third-order valence-electron chi connectivity index (χ3n) is 5.45. The van der Waals surface area contributed by atoms with Gasteiger partial charge in [-0.3, -0.25) is 4.79 Å². The monoisotopic (exact) mass is 449 g/mol. The second-order valence-electron chi connectivity index (χ2n) is 7.60. The first-order chi connectivity index (χ1) is 16.0. The molecule has 0 saturated carbocycles. The molecule has 0 fully saturated rings. The Kier molecular flexibility index (Phi) is 6.21. The molecule has 0 saturated heterocycles. The Bertz CT molecular complexity index is 1220. The zero-order chi connectivity index (χ0) is 23.5. The Labute approximate surface area is 192 Å². The van der Waals surface area contributed by atoms with E-state index in [2.05, 4.69) is 20.7 Å². The van der Waals surface area contributed by atoms with E-state index in [1.54, 1.807) is 18.9 Å². The van der Waals surface area contributed by atoms with Crippen molar-refractivity contribution in [2.24, 2.45) is 0 Å². The van der Waals surface area contributed by atoms with E-state index < -0.39 is 6.04 Å². The van der Waals surface area contributed by atoms with Crippen LogP contribution in [-0.4, -0.2) is 41.5 Å². The van der Waals surface area contributed by atoms with Crippen molar-refractivity contribution in [2.45, 2.75) is 26.8 Å². The summed E-state index contributed by atoms with van der Waals surface area (Å²) >= 11 is 0. The van der Waals surface area contributed by atoms with Crippen LogP contribution in [0, 0.1) is 6.92 Å². The number of methoxy groups -OCH3 is 2. The zero-order valence-corrected chi connectivity index (χ0v) is 19.3. The first-order valence-corrected chi connectivity index (χ1v) is 10.6. The Morgan fingerprint density at radius 2 is 1.85 bits per heavy atom. The van der Waals surface area contributed by atoms with E-state index in [0.29, 0.717) is 46.8 Å². The molecule has 2 N–H and O–H groups in total. The minimum absolute atomic E-state index is 0.275. The average Bonchev–Trinajstić information content (AvgIpc) is 3.26. The van der Waals surface area contributed by atoms with Crippen molar-refractivity contribution in [1.82, 2.24) is 14.8 Å². The molecule has 1 atom stereocenters. The van der Waals surface area contributed by atoms with Crippen molar-refractivity contribution in [3.05, 3.63) is 65.1 Å². The van der Waals surface area contributed by atoms with E-state index in [-0.39, 0.29) is 5.91 Å². The van der Waals surface area contributed by atoms with Gasteiger partial charge in [-0.05, 0) is 56.2 Å². The van der Waals surface area contributed by atoms with Gasteiger partial charge in [0, 0.05) is 5.70 Å². The maximum absolute atomic E-state index is 13.6. The lowest BCUT2D eigenvalue weighted by Gasteiger charge is -2.29. The molecular weight excluding hydrogens is 422 g/mol. The van der Waals surface area contributed by atoms with Crippen LogP contribution in [0.3, 0.4) is 0 Å². The normalized spacial score (nSPS) is 14.9. The molecule has 9 nitrogen and oxygen atoms in total. The summed E-state index contributed by atoms with van der Waals surface area (Å²) < 4.78 is 18.3. The summed E-state index contributed by atoms with van der Waals surface area (Å²) in [6.45, 7) is 6.23. The smallest absolute Gasteiger partial charge is 0.255 e. The number of rotatable bonds is 7. The number of amides is 1. The summed E-state index contributed by atoms with van der Waals surface area (Å²) in [6.07, 6.45) is 1.46. The molecule has 3 aromatic rings. The zero-order valence-electron chi connectivity index (χ0n) is 19.3. The average molecular weight is 450 g/mol. The van der Waals surface area contributed by atoms with E-state index in [0.717, 1.165) is 11.1 Å². The van der Waals surface area contributed by atoms with Crippen LogP contribution in [0.2, 0.25) is 0 Å². The maximum atomic E-state index is 13.6. The molecule has 33 heavy (non-hydrogen) atoms. The molecular formula is C24H27N5O4. The highest BCUT2D eigenvalue weighted by Crippen LogP contribution is 2.39. The number of carbonyl (C=O) groups is 1. The number of benzene rings is 2. The number of nitrogens with one attached hydrogen (secondary N) is 2. The molecule has 0 spiro atoms. The van der Waals surface area contributed by atoms with Crippen molar-refractivity contribution in [3.63, 3.8) is 0 Å². The molecule has 1 aromatic heterocycles. The lowest BCUT2D eigenvalue weighted by Crippen LogP contribution is -2.31. The first-order valence-electron chi connectivity index (χ1n) is 10.6. The number of carbonyl (C=O) groups excluding carboxylic acids is 1. The number of ether oxygens (including phenoxy) is 3. The molecule has 0 aliphatic carbocycles. The highest BCUT2D eigenvalue weighted by molar-refractivity contribution is 6.06. The van der Waals surface area contributed by atoms with Gasteiger partial charge in [0.25, 0.3) is 5.91 Å². The molecule has 2 heterocycles. The second kappa shape index (κ2) is 9.23. The summed E-state index contributed by atoms with van der Waals surface area (Å²) in [5, 5.41) is 10.6. The van der Waals surface area contributed by atoms with Gasteiger partial charge in [-0.25, -0.2) is 4.68 Å². The van der Waals surface area contributed by atoms with E-state index >= 15 is 0 Å². The van der Waals surface area contributed by atoms with Crippen LogP contribution < -0.4 is 24.8 Å². The summed E-state index contributed by atoms with van der Waals surface area (Å²) in [5.74, 6) is 2.06. The lowest BCUT2D eigenvalue weighted by molar-refractivity contribution is -0.113. The Morgan fingerprint density at radius 1 is 1.09 bits per heavy atom. The minimum atomic E-state index is -0.524. The van der Waals surface area contributed by atoms with Gasteiger partial charge in [0.2, 0.25) is 5.95 Å². The molecule has 1 unspecified atom stereocenters. The summed E-state index contributed by atoms with van der Waals surface area (Å²) in [6, 6.07) is 10.7. The van der Waals surface area contributed by atoms with Crippen molar-refractivity contribution in [3.8, 4) is 17.2 Å². The topological polar surface area (TPSA) is 99.5 Å². The van der Waals surface area contributed by atoms with Crippen LogP contribution in [0.4, 0.5) is 11.6 Å². The Hall–Kier alpha value is -4.01. The van der Waals surface area contributed by atoms with E-state index in [1.807, 2.05) is 57.2 Å². The third-order valence-corrected chi connectivity index (χ3v) is 5.45. The predicted octanol–water partition coefficient (Wildman–Crippen LogP) is 3.93. The Morgan fingerprint density at radius 3 is 2.58 bits per heavy atom. The number of hydrogen-bond acceptors (Lipinski definition) is 7. The van der Waals surface area contributed by atoms with Crippen molar-refractivity contribution in [1.29, 1.82) is 0 Å². The van der Waals surface area contributed by atoms with E-state index in [9.17, 15) is 4.79 Å². The highest BCUT2D eigenvalue weighted by atomic mass is 16.5. The van der Waals surface area contributed by atoms with Crippen LogP contribution in [-0.2, 0) is 4.79 Å². The number of nitrogens with zero attached hydrogens (tertiary/aromatic N) is 3. The van der Waals surface area contributed by atoms with E-state index in [4.69, 9.17) is 14.2 Å². The Balaban J connectivity index is 1.78. The molecule has 9 heteroatoms. The van der Waals surface area contributed by atoms with Gasteiger partial charge >= 0.3 is 0 Å². The van der Waals surface area contributed by atoms with E-state index in [1.165, 1.54) is 6.33 Å². The number of aromatic nitrogens is 3. The first kappa shape index (κ1) is 22.2. The van der Waals surface area contributed by atoms with Gasteiger partial charge in [0.05, 0.1) is 32.1 Å². The van der Waals surface area contributed by atoms with Crippen LogP contribution >= 0.6 is 0 Å². The molecule has 4 rings (SSSR count). The lowest BCUT2D eigenvalue weighted by atomic mass is 9.94. The van der Waals surface area contributed by atoms with Gasteiger partial charge in [-0.15, -0.1) is 0 Å². The minimum Gasteiger partial charge on any atom is -0.495 e. The number of aryl methyl sites for hydroxylation is 1. The third kappa shape index (κ3) is 4.21. The molecule has 2 aromatic carbocycles. The quantitative estimate of drug-likeness (QED) is 0.564. The van der Waals surface area contributed by atoms with Crippen LogP contribution in [0.15, 0.2) is 54.0 Å². The van der Waals surface area contributed by atoms with Gasteiger partial charge in [-0.2, -0.15) is 10.1 Å². The molecule has 1 aliphatic heterocycles. The molecule has 1 aliphatic rings. The molecule has 1 amide bonds. The summed E-state index contributed by atoms with van der Waals surface area (Å²) in [4.78, 5) is 17.9. The van der Waals surface area contributed by atoms with Crippen LogP contribution in [0.1, 0.15) is 31.0 Å². The molecule has 0 bridgehead atoms. The number of hydrogen-bond donors (Lipinski definition) is 2. The van der Waals surface area contributed by atoms with Gasteiger partial charge in [-0.1, -0.05) is 12.1 Å². The fourth-order valence-electron chi connectivity index (χ4n) is 3.93. The fourth-order valence-corrected chi connectivity index (χ4v) is 3.93. The van der Waals surface area contributed by atoms with Crippen LogP contribution in [0.25, 0.3) is 0 Å². The van der Waals surface area contributed by atoms with Gasteiger partial charge in [0.1, 0.15) is 18.1 Å². The highest BCUT2D eigenvalue weighted by Gasteiger charge is 2.34. The standard InChI is InChI=1S/C24H27N5O4/c1-6-33-19-10-8-16(12-20(19)32-5)22-21(15(3)27-24-25-13-26-29(22)24)23(30)28-17-11-14(2)7-9-18(17)31-4/h7-13,22H,6H2,1-5H3,(H,28,30)(H,25,26,27). The molecule has 172 valence electrons. The van der Waals surface area contributed by atoms with Crippen LogP contribution in [0.5, 0.6) is 17.2 Å². The maximum Gasteiger partial charge on any atom is 0.255 e. The van der Waals surface area contributed by atoms with Crippen molar-refractivity contribution in [2.75, 3.05) is 31.5 Å². The predicted molar refractivity (Wildman–Crippen MR) is 125 cm³/mol. The van der Waals surface area contributed by atoms with Gasteiger partial charge in [0.15, 0.2) is 11.5 Å². The number of anilines is 2. The number of allylic oxidation sites excluding steroid dienone is 1. The van der Waals surface area contributed by atoms with Crippen molar-refractivity contribution < 1.29 is 19.0 Å². The second-order valence-corrected chi connectivity index (χ2v) is 7.60. The fraction of sp³-hybridized carbons (Fsp3) is 0.292. The largest absolute Gasteiger partial charge is 0.495 e. The summed E-state index contributed by atoms with van der Waals surface area (Å²) in [7, 11) is 3.16. The molecule has 0 radical (unpaired) electrons. The van der Waals surface area contributed by atoms with Crippen molar-refractivity contribution >= 4 is 17.5 Å². The van der Waals surface area contributed by atoms with Gasteiger partial charge < -0.3 is 24.8 Å². The number of fused-ring (bicyclic) bond motifs is 1. The summed E-state index contributed by atoms with van der Waals surface area (Å²) in [5.41, 5.74) is 3.59. The SMILES string of the molecule is CCOc1ccc(C2C(C(=O)Nc3cc(C)ccc3OC)=C(C)Nc3ncnn32)cc1OC.